The van der Waals surface area contributed by atoms with Gasteiger partial charge in [0.05, 0.1) is 0 Å². The minimum atomic E-state index is 0.431. The van der Waals surface area contributed by atoms with Crippen molar-refractivity contribution in [2.75, 3.05) is 6.54 Å². The fraction of sp³-hybridized carbons (Fsp3) is 0.684. The predicted octanol–water partition coefficient (Wildman–Crippen LogP) is 5.26. The van der Waals surface area contributed by atoms with Crippen LogP contribution in [-0.4, -0.2) is 6.54 Å². The molecule has 0 aliphatic heterocycles. The molecule has 0 aromatic heterocycles. The first-order valence-corrected chi connectivity index (χ1v) is 8.52. The molecule has 1 heteroatoms. The van der Waals surface area contributed by atoms with Crippen LogP contribution in [0.15, 0.2) is 24.3 Å². The molecule has 1 unspecified atom stereocenters. The minimum absolute atomic E-state index is 0.431. The lowest BCUT2D eigenvalue weighted by atomic mass is 9.68. The van der Waals surface area contributed by atoms with Crippen LogP contribution in [-0.2, 0) is 6.42 Å². The molecule has 1 aromatic rings. The maximum Gasteiger partial charge on any atom is 0.0374 e. The second-order valence-electron chi connectivity index (χ2n) is 6.70. The van der Waals surface area contributed by atoms with Gasteiger partial charge >= 0.3 is 0 Å². The van der Waals surface area contributed by atoms with Crippen molar-refractivity contribution in [1.82, 2.24) is 5.32 Å². The van der Waals surface area contributed by atoms with Crippen LogP contribution in [0.2, 0.25) is 0 Å². The van der Waals surface area contributed by atoms with Crippen LogP contribution in [0.3, 0.4) is 0 Å². The van der Waals surface area contributed by atoms with Crippen LogP contribution < -0.4 is 5.32 Å². The largest absolute Gasteiger partial charge is 0.310 e. The van der Waals surface area contributed by atoms with Crippen molar-refractivity contribution in [2.45, 2.75) is 71.8 Å². The molecule has 0 spiro atoms. The third-order valence-electron chi connectivity index (χ3n) is 4.95. The van der Waals surface area contributed by atoms with Gasteiger partial charge in [-0.25, -0.2) is 0 Å². The Kier molecular flexibility index (Phi) is 5.65. The first-order valence-electron chi connectivity index (χ1n) is 8.52. The van der Waals surface area contributed by atoms with Crippen LogP contribution in [0.25, 0.3) is 0 Å². The molecule has 2 rings (SSSR count). The van der Waals surface area contributed by atoms with E-state index in [4.69, 9.17) is 0 Å². The fourth-order valence-corrected chi connectivity index (χ4v) is 3.78. The van der Waals surface area contributed by atoms with Gasteiger partial charge < -0.3 is 5.32 Å². The number of hydrogen-bond acceptors (Lipinski definition) is 1. The summed E-state index contributed by atoms with van der Waals surface area (Å²) in [6.45, 7) is 8.01. The van der Waals surface area contributed by atoms with E-state index < -0.39 is 0 Å². The SMILES string of the molecule is CCCc1ccc(C(NCC)C2(C)CCCCC2)cc1. The number of aryl methyl sites for hydroxylation is 1. The molecular weight excluding hydrogens is 242 g/mol. The summed E-state index contributed by atoms with van der Waals surface area (Å²) < 4.78 is 0. The maximum absolute atomic E-state index is 3.76. The lowest BCUT2D eigenvalue weighted by molar-refractivity contribution is 0.146. The van der Waals surface area contributed by atoms with Crippen molar-refractivity contribution in [1.29, 1.82) is 0 Å². The number of nitrogens with one attached hydrogen (secondary N) is 1. The summed E-state index contributed by atoms with van der Waals surface area (Å²) in [4.78, 5) is 0. The molecule has 1 nitrogen and oxygen atoms in total. The Morgan fingerprint density at radius 2 is 1.70 bits per heavy atom. The minimum Gasteiger partial charge on any atom is -0.310 e. The van der Waals surface area contributed by atoms with Gasteiger partial charge in [0.2, 0.25) is 0 Å². The average molecular weight is 273 g/mol. The Hall–Kier alpha value is -0.820. The van der Waals surface area contributed by atoms with Crippen LogP contribution >= 0.6 is 0 Å². The molecule has 1 aliphatic rings. The van der Waals surface area contributed by atoms with Gasteiger partial charge in [-0.1, -0.05) is 70.7 Å². The van der Waals surface area contributed by atoms with E-state index in [-0.39, 0.29) is 0 Å². The van der Waals surface area contributed by atoms with Gasteiger partial charge in [0.25, 0.3) is 0 Å². The molecule has 1 saturated carbocycles. The van der Waals surface area contributed by atoms with E-state index >= 15 is 0 Å². The average Bonchev–Trinajstić information content (AvgIpc) is 2.47. The summed E-state index contributed by atoms with van der Waals surface area (Å²) in [5, 5.41) is 3.76. The topological polar surface area (TPSA) is 12.0 Å². The van der Waals surface area contributed by atoms with E-state index in [1.165, 1.54) is 56.1 Å². The van der Waals surface area contributed by atoms with Crippen molar-refractivity contribution >= 4 is 0 Å². The van der Waals surface area contributed by atoms with Crippen molar-refractivity contribution in [2.24, 2.45) is 5.41 Å². The zero-order valence-electron chi connectivity index (χ0n) is 13.5. The van der Waals surface area contributed by atoms with Crippen molar-refractivity contribution in [3.63, 3.8) is 0 Å². The zero-order valence-corrected chi connectivity index (χ0v) is 13.5. The normalized spacial score (nSPS) is 19.8. The van der Waals surface area contributed by atoms with Gasteiger partial charge in [-0.05, 0) is 42.3 Å². The van der Waals surface area contributed by atoms with Gasteiger partial charge in [-0.3, -0.25) is 0 Å². The fourth-order valence-electron chi connectivity index (χ4n) is 3.78. The van der Waals surface area contributed by atoms with Gasteiger partial charge in [-0.15, -0.1) is 0 Å². The zero-order chi connectivity index (χ0) is 14.4. The van der Waals surface area contributed by atoms with E-state index in [1.54, 1.807) is 0 Å². The van der Waals surface area contributed by atoms with Crippen LogP contribution in [0.4, 0.5) is 0 Å². The summed E-state index contributed by atoms with van der Waals surface area (Å²) in [6, 6.07) is 9.89. The lowest BCUT2D eigenvalue weighted by Gasteiger charge is -2.41. The molecule has 0 saturated heterocycles. The summed E-state index contributed by atoms with van der Waals surface area (Å²) >= 11 is 0. The second kappa shape index (κ2) is 7.26. The third kappa shape index (κ3) is 3.63. The highest BCUT2D eigenvalue weighted by atomic mass is 14.9. The molecule has 20 heavy (non-hydrogen) atoms. The quantitative estimate of drug-likeness (QED) is 0.745. The first kappa shape index (κ1) is 15.6. The van der Waals surface area contributed by atoms with Gasteiger partial charge in [0, 0.05) is 6.04 Å². The van der Waals surface area contributed by atoms with E-state index in [0.717, 1.165) is 6.54 Å². The van der Waals surface area contributed by atoms with E-state index in [0.29, 0.717) is 11.5 Å². The molecule has 1 N–H and O–H groups in total. The first-order chi connectivity index (χ1) is 9.69. The molecule has 0 heterocycles. The van der Waals surface area contributed by atoms with Crippen LogP contribution in [0.5, 0.6) is 0 Å². The van der Waals surface area contributed by atoms with Crippen LogP contribution in [0.1, 0.15) is 76.5 Å². The van der Waals surface area contributed by atoms with E-state index in [1.807, 2.05) is 0 Å². The summed E-state index contributed by atoms with van der Waals surface area (Å²) in [6.07, 6.45) is 9.36. The molecule has 112 valence electrons. The molecule has 0 bridgehead atoms. The highest BCUT2D eigenvalue weighted by Crippen LogP contribution is 2.45. The Balaban J connectivity index is 2.18. The van der Waals surface area contributed by atoms with Crippen molar-refractivity contribution < 1.29 is 0 Å². The molecule has 0 amide bonds. The highest BCUT2D eigenvalue weighted by molar-refractivity contribution is 5.27. The Morgan fingerprint density at radius 1 is 1.05 bits per heavy atom. The molecule has 0 radical (unpaired) electrons. The molecule has 1 aliphatic carbocycles. The third-order valence-corrected chi connectivity index (χ3v) is 4.95. The second-order valence-corrected chi connectivity index (χ2v) is 6.70. The van der Waals surface area contributed by atoms with Gasteiger partial charge in [-0.2, -0.15) is 0 Å². The highest BCUT2D eigenvalue weighted by Gasteiger charge is 2.35. The molecule has 1 aromatic carbocycles. The Bertz CT molecular complexity index is 387. The molecule has 1 fully saturated rings. The standard InChI is InChI=1S/C19H31N/c1-4-9-16-10-12-17(13-11-16)18(20-5-2)19(3)14-7-6-8-15-19/h10-13,18,20H,4-9,14-15H2,1-3H3. The smallest absolute Gasteiger partial charge is 0.0374 e. The number of hydrogen-bond donors (Lipinski definition) is 1. The number of rotatable bonds is 6. The molecular formula is C19H31N. The van der Waals surface area contributed by atoms with Crippen LogP contribution in [0, 0.1) is 5.41 Å². The van der Waals surface area contributed by atoms with E-state index in [2.05, 4.69) is 50.4 Å². The van der Waals surface area contributed by atoms with E-state index in [9.17, 15) is 0 Å². The van der Waals surface area contributed by atoms with Crippen molar-refractivity contribution in [3.8, 4) is 0 Å². The Morgan fingerprint density at radius 3 is 2.25 bits per heavy atom. The Labute approximate surface area is 125 Å². The number of benzene rings is 1. The summed E-state index contributed by atoms with van der Waals surface area (Å²) in [7, 11) is 0. The van der Waals surface area contributed by atoms with Crippen molar-refractivity contribution in [3.05, 3.63) is 35.4 Å². The summed E-state index contributed by atoms with van der Waals surface area (Å²) in [5.41, 5.74) is 3.39. The predicted molar refractivity (Wildman–Crippen MR) is 88.0 cm³/mol. The maximum atomic E-state index is 3.76. The lowest BCUT2D eigenvalue weighted by Crippen LogP contribution is -2.37. The van der Waals surface area contributed by atoms with Gasteiger partial charge in [0.1, 0.15) is 0 Å². The van der Waals surface area contributed by atoms with Gasteiger partial charge in [0.15, 0.2) is 0 Å². The molecule has 1 atom stereocenters. The monoisotopic (exact) mass is 273 g/mol. The summed E-state index contributed by atoms with van der Waals surface area (Å²) in [5.74, 6) is 0.